The predicted octanol–water partition coefficient (Wildman–Crippen LogP) is -0.508. The van der Waals surface area contributed by atoms with Crippen LogP contribution in [0, 0.1) is 0 Å². The predicted molar refractivity (Wildman–Crippen MR) is 53.2 cm³/mol. The van der Waals surface area contributed by atoms with Gasteiger partial charge in [0, 0.05) is 19.9 Å². The Morgan fingerprint density at radius 1 is 1.33 bits per heavy atom. The summed E-state index contributed by atoms with van der Waals surface area (Å²) in [7, 11) is 0. The number of hydrogen-bond acceptors (Lipinski definition) is 3. The van der Waals surface area contributed by atoms with Gasteiger partial charge >= 0.3 is 5.97 Å². The van der Waals surface area contributed by atoms with Crippen LogP contribution in [0.5, 0.6) is 0 Å². The number of carboxylic acid groups (broad SMARTS) is 1. The second-order valence-electron chi connectivity index (χ2n) is 3.10. The summed E-state index contributed by atoms with van der Waals surface area (Å²) in [5, 5.41) is 13.5. The van der Waals surface area contributed by atoms with Crippen molar-refractivity contribution < 1.29 is 19.5 Å². The molecule has 0 aliphatic carbocycles. The van der Waals surface area contributed by atoms with Crippen molar-refractivity contribution in [1.82, 2.24) is 10.6 Å². The second kappa shape index (κ2) is 6.80. The van der Waals surface area contributed by atoms with E-state index in [2.05, 4.69) is 10.6 Å². The van der Waals surface area contributed by atoms with Crippen molar-refractivity contribution in [2.24, 2.45) is 0 Å². The number of nitrogens with one attached hydrogen (secondary N) is 2. The van der Waals surface area contributed by atoms with Gasteiger partial charge in [-0.15, -0.1) is 0 Å². The summed E-state index contributed by atoms with van der Waals surface area (Å²) in [6.07, 6.45) is 0.421. The first-order chi connectivity index (χ1) is 6.97. The third kappa shape index (κ3) is 6.48. The fourth-order valence-electron chi connectivity index (χ4n) is 0.957. The van der Waals surface area contributed by atoms with Gasteiger partial charge in [0.15, 0.2) is 0 Å². The monoisotopic (exact) mass is 216 g/mol. The summed E-state index contributed by atoms with van der Waals surface area (Å²) in [5.74, 6) is -1.64. The van der Waals surface area contributed by atoms with Crippen LogP contribution in [0.4, 0.5) is 0 Å². The first-order valence-corrected chi connectivity index (χ1v) is 4.74. The normalized spacial score (nSPS) is 11.6. The molecule has 0 heterocycles. The van der Waals surface area contributed by atoms with Gasteiger partial charge in [0.1, 0.15) is 6.04 Å². The van der Waals surface area contributed by atoms with Gasteiger partial charge in [0.05, 0.1) is 0 Å². The van der Waals surface area contributed by atoms with Crippen LogP contribution in [0.25, 0.3) is 0 Å². The fraction of sp³-hybridized carbons (Fsp3) is 0.667. The van der Waals surface area contributed by atoms with Crippen LogP contribution in [0.15, 0.2) is 0 Å². The molecule has 0 fully saturated rings. The quantitative estimate of drug-likeness (QED) is 0.557. The van der Waals surface area contributed by atoms with Crippen LogP contribution in [0.3, 0.4) is 0 Å². The number of carbonyl (C=O) groups is 3. The zero-order chi connectivity index (χ0) is 11.8. The summed E-state index contributed by atoms with van der Waals surface area (Å²) in [4.78, 5) is 32.2. The lowest BCUT2D eigenvalue weighted by atomic mass is 10.2. The lowest BCUT2D eigenvalue weighted by Crippen LogP contribution is -2.41. The Labute approximate surface area is 88.0 Å². The fourth-order valence-corrected chi connectivity index (χ4v) is 0.957. The Balaban J connectivity index is 3.81. The molecule has 0 aliphatic rings. The minimum atomic E-state index is -1.05. The number of aliphatic carboxylic acids is 1. The first-order valence-electron chi connectivity index (χ1n) is 4.74. The van der Waals surface area contributed by atoms with Crippen molar-refractivity contribution >= 4 is 17.8 Å². The maximum atomic E-state index is 11.2. The molecule has 0 spiro atoms. The maximum absolute atomic E-state index is 11.2. The molecule has 0 radical (unpaired) electrons. The minimum absolute atomic E-state index is 0.0867. The Morgan fingerprint density at radius 3 is 2.33 bits per heavy atom. The van der Waals surface area contributed by atoms with E-state index in [1.165, 1.54) is 6.92 Å². The summed E-state index contributed by atoms with van der Waals surface area (Å²) in [5.41, 5.74) is 0. The molecule has 15 heavy (non-hydrogen) atoms. The molecule has 2 amide bonds. The molecule has 1 atom stereocenters. The van der Waals surface area contributed by atoms with Gasteiger partial charge in [-0.25, -0.2) is 4.79 Å². The highest BCUT2D eigenvalue weighted by Crippen LogP contribution is 1.91. The molecule has 0 saturated carbocycles. The third-order valence-corrected chi connectivity index (χ3v) is 1.77. The zero-order valence-electron chi connectivity index (χ0n) is 8.87. The largest absolute Gasteiger partial charge is 0.480 e. The van der Waals surface area contributed by atoms with E-state index in [0.29, 0.717) is 6.42 Å². The number of rotatable bonds is 6. The standard InChI is InChI=1S/C9H16N2O4/c1-3-7(9(14)15)11-8(13)4-5-10-6(2)12/h7H,3-5H2,1-2H3,(H,10,12)(H,11,13)(H,14,15)/t7-/m0/s1. The summed E-state index contributed by atoms with van der Waals surface area (Å²) in [6, 6.07) is -0.852. The van der Waals surface area contributed by atoms with Gasteiger partial charge in [-0.3, -0.25) is 9.59 Å². The number of amides is 2. The van der Waals surface area contributed by atoms with Gasteiger partial charge in [-0.2, -0.15) is 0 Å². The van der Waals surface area contributed by atoms with Crippen LogP contribution in [-0.2, 0) is 14.4 Å². The average Bonchev–Trinajstić information content (AvgIpc) is 2.13. The average molecular weight is 216 g/mol. The smallest absolute Gasteiger partial charge is 0.326 e. The maximum Gasteiger partial charge on any atom is 0.326 e. The molecular formula is C9H16N2O4. The van der Waals surface area contributed by atoms with E-state index < -0.39 is 12.0 Å². The van der Waals surface area contributed by atoms with Crippen LogP contribution in [0.1, 0.15) is 26.7 Å². The van der Waals surface area contributed by atoms with Crippen LogP contribution < -0.4 is 10.6 Å². The molecule has 3 N–H and O–H groups in total. The van der Waals surface area contributed by atoms with E-state index in [9.17, 15) is 14.4 Å². The van der Waals surface area contributed by atoms with Crippen molar-refractivity contribution in [3.63, 3.8) is 0 Å². The van der Waals surface area contributed by atoms with Gasteiger partial charge < -0.3 is 15.7 Å². The Bertz CT molecular complexity index is 252. The van der Waals surface area contributed by atoms with E-state index in [-0.39, 0.29) is 24.8 Å². The summed E-state index contributed by atoms with van der Waals surface area (Å²) < 4.78 is 0. The Kier molecular flexibility index (Phi) is 6.08. The highest BCUT2D eigenvalue weighted by Gasteiger charge is 2.16. The molecule has 0 aromatic rings. The molecule has 6 nitrogen and oxygen atoms in total. The number of hydrogen-bond donors (Lipinski definition) is 3. The van der Waals surface area contributed by atoms with Gasteiger partial charge in [0.25, 0.3) is 0 Å². The first kappa shape index (κ1) is 13.4. The molecule has 0 aromatic heterocycles. The summed E-state index contributed by atoms with van der Waals surface area (Å²) >= 11 is 0. The van der Waals surface area contributed by atoms with Crippen molar-refractivity contribution in [2.75, 3.05) is 6.54 Å². The van der Waals surface area contributed by atoms with E-state index in [1.807, 2.05) is 0 Å². The van der Waals surface area contributed by atoms with Crippen molar-refractivity contribution in [3.8, 4) is 0 Å². The molecule has 0 unspecified atom stereocenters. The van der Waals surface area contributed by atoms with Crippen LogP contribution in [0.2, 0.25) is 0 Å². The lowest BCUT2D eigenvalue weighted by molar-refractivity contribution is -0.141. The zero-order valence-corrected chi connectivity index (χ0v) is 8.87. The molecule has 0 aliphatic heterocycles. The highest BCUT2D eigenvalue weighted by atomic mass is 16.4. The number of carboxylic acids is 1. The van der Waals surface area contributed by atoms with Gasteiger partial charge in [-0.1, -0.05) is 6.92 Å². The molecule has 0 bridgehead atoms. The third-order valence-electron chi connectivity index (χ3n) is 1.77. The Hall–Kier alpha value is -1.59. The van der Waals surface area contributed by atoms with Crippen LogP contribution in [-0.4, -0.2) is 35.5 Å². The molecule has 6 heteroatoms. The van der Waals surface area contributed by atoms with Crippen LogP contribution >= 0.6 is 0 Å². The van der Waals surface area contributed by atoms with E-state index in [1.54, 1.807) is 6.92 Å². The molecule has 86 valence electrons. The Morgan fingerprint density at radius 2 is 1.93 bits per heavy atom. The highest BCUT2D eigenvalue weighted by molar-refractivity contribution is 5.83. The second-order valence-corrected chi connectivity index (χ2v) is 3.10. The summed E-state index contributed by atoms with van der Waals surface area (Å²) in [6.45, 7) is 3.24. The SMILES string of the molecule is CC[C@H](NC(=O)CCNC(C)=O)C(=O)O. The molecule has 0 aromatic carbocycles. The molecular weight excluding hydrogens is 200 g/mol. The van der Waals surface area contributed by atoms with Gasteiger partial charge in [-0.05, 0) is 6.42 Å². The minimum Gasteiger partial charge on any atom is -0.480 e. The van der Waals surface area contributed by atoms with E-state index in [4.69, 9.17) is 5.11 Å². The van der Waals surface area contributed by atoms with E-state index >= 15 is 0 Å². The molecule has 0 saturated heterocycles. The van der Waals surface area contributed by atoms with Crippen molar-refractivity contribution in [3.05, 3.63) is 0 Å². The topological polar surface area (TPSA) is 95.5 Å². The van der Waals surface area contributed by atoms with E-state index in [0.717, 1.165) is 0 Å². The molecule has 0 rings (SSSR count). The number of carbonyl (C=O) groups excluding carboxylic acids is 2. The lowest BCUT2D eigenvalue weighted by Gasteiger charge is -2.11. The van der Waals surface area contributed by atoms with Crippen molar-refractivity contribution in [1.29, 1.82) is 0 Å². The van der Waals surface area contributed by atoms with Crippen molar-refractivity contribution in [2.45, 2.75) is 32.7 Å². The van der Waals surface area contributed by atoms with Gasteiger partial charge in [0.2, 0.25) is 11.8 Å².